The molecule has 6 nitrogen and oxygen atoms in total. The van der Waals surface area contributed by atoms with Crippen molar-refractivity contribution in [2.45, 2.75) is 20.4 Å². The summed E-state index contributed by atoms with van der Waals surface area (Å²) >= 11 is 0. The highest BCUT2D eigenvalue weighted by Crippen LogP contribution is 2.06. The summed E-state index contributed by atoms with van der Waals surface area (Å²) in [6, 6.07) is 0. The van der Waals surface area contributed by atoms with E-state index in [0.29, 0.717) is 12.1 Å². The predicted octanol–water partition coefficient (Wildman–Crippen LogP) is -0.492. The van der Waals surface area contributed by atoms with Gasteiger partial charge in [-0.15, -0.1) is 0 Å². The number of anilines is 1. The lowest BCUT2D eigenvalue weighted by atomic mass is 10.2. The number of hydrogen-bond donors (Lipinski definition) is 1. The van der Waals surface area contributed by atoms with Crippen LogP contribution in [0.3, 0.4) is 0 Å². The molecule has 96 valence electrons. The topological polar surface area (TPSA) is 73.3 Å². The number of aromatic nitrogens is 2. The largest absolute Gasteiger partial charge is 0.385 e. The van der Waals surface area contributed by atoms with Crippen molar-refractivity contribution in [2.24, 2.45) is 14.1 Å². The molecule has 1 rings (SSSR count). The van der Waals surface area contributed by atoms with Gasteiger partial charge in [-0.1, -0.05) is 13.8 Å². The van der Waals surface area contributed by atoms with Crippen LogP contribution in [0.2, 0.25) is 0 Å². The third-order valence-corrected chi connectivity index (χ3v) is 3.08. The second kappa shape index (κ2) is 5.18. The van der Waals surface area contributed by atoms with Crippen LogP contribution in [-0.4, -0.2) is 27.1 Å². The fraction of sp³-hybridized carbons (Fsp3) is 0.636. The molecule has 6 heteroatoms. The minimum absolute atomic E-state index is 0.255. The molecule has 0 radical (unpaired) electrons. The van der Waals surface area contributed by atoms with Crippen LogP contribution in [0.25, 0.3) is 0 Å². The van der Waals surface area contributed by atoms with Crippen molar-refractivity contribution >= 4 is 5.82 Å². The van der Waals surface area contributed by atoms with Crippen molar-refractivity contribution in [3.05, 3.63) is 26.4 Å². The number of nitrogen functional groups attached to an aromatic ring is 1. The highest BCUT2D eigenvalue weighted by atomic mass is 16.2. The molecular formula is C11H20N4O2. The van der Waals surface area contributed by atoms with E-state index in [9.17, 15) is 9.59 Å². The van der Waals surface area contributed by atoms with Gasteiger partial charge in [0, 0.05) is 20.6 Å². The van der Waals surface area contributed by atoms with Crippen molar-refractivity contribution in [1.82, 2.24) is 14.0 Å². The molecule has 0 aliphatic carbocycles. The lowest BCUT2D eigenvalue weighted by molar-refractivity contribution is 0.293. The zero-order valence-electron chi connectivity index (χ0n) is 10.9. The average molecular weight is 240 g/mol. The van der Waals surface area contributed by atoms with Gasteiger partial charge < -0.3 is 5.73 Å². The second-order valence-corrected chi connectivity index (χ2v) is 4.03. The van der Waals surface area contributed by atoms with Gasteiger partial charge in [-0.2, -0.15) is 0 Å². The van der Waals surface area contributed by atoms with Crippen LogP contribution in [0.1, 0.15) is 19.4 Å². The molecule has 0 aliphatic heterocycles. The second-order valence-electron chi connectivity index (χ2n) is 4.03. The zero-order chi connectivity index (χ0) is 13.2. The number of nitrogens with two attached hydrogens (primary N) is 1. The molecule has 0 aliphatic rings. The van der Waals surface area contributed by atoms with Crippen molar-refractivity contribution < 1.29 is 0 Å². The Balaban J connectivity index is 3.35. The maximum atomic E-state index is 12.0. The van der Waals surface area contributed by atoms with Crippen LogP contribution in [0, 0.1) is 0 Å². The molecule has 1 aromatic heterocycles. The quantitative estimate of drug-likeness (QED) is 0.770. The molecule has 2 N–H and O–H groups in total. The van der Waals surface area contributed by atoms with Crippen LogP contribution in [0.5, 0.6) is 0 Å². The van der Waals surface area contributed by atoms with Crippen LogP contribution in [0.4, 0.5) is 5.82 Å². The van der Waals surface area contributed by atoms with Gasteiger partial charge in [0.25, 0.3) is 5.56 Å². The van der Waals surface area contributed by atoms with Crippen LogP contribution >= 0.6 is 0 Å². The van der Waals surface area contributed by atoms with E-state index in [4.69, 9.17) is 5.73 Å². The van der Waals surface area contributed by atoms with Crippen LogP contribution in [-0.2, 0) is 20.6 Å². The Hall–Kier alpha value is -1.56. The Labute approximate surface area is 100 Å². The van der Waals surface area contributed by atoms with Crippen molar-refractivity contribution in [3.63, 3.8) is 0 Å². The summed E-state index contributed by atoms with van der Waals surface area (Å²) < 4.78 is 2.40. The Morgan fingerprint density at radius 3 is 2.12 bits per heavy atom. The van der Waals surface area contributed by atoms with Crippen LogP contribution in [0.15, 0.2) is 9.59 Å². The zero-order valence-corrected chi connectivity index (χ0v) is 10.9. The van der Waals surface area contributed by atoms with E-state index >= 15 is 0 Å². The first-order valence-electron chi connectivity index (χ1n) is 5.70. The van der Waals surface area contributed by atoms with Gasteiger partial charge in [0.1, 0.15) is 5.82 Å². The summed E-state index contributed by atoms with van der Waals surface area (Å²) in [6.07, 6.45) is 0. The molecule has 0 spiro atoms. The fourth-order valence-corrected chi connectivity index (χ4v) is 1.75. The molecule has 0 amide bonds. The van der Waals surface area contributed by atoms with Gasteiger partial charge in [0.2, 0.25) is 0 Å². The molecule has 0 fully saturated rings. The van der Waals surface area contributed by atoms with Gasteiger partial charge in [-0.05, 0) is 13.1 Å². The molecule has 0 saturated carbocycles. The van der Waals surface area contributed by atoms with Crippen molar-refractivity contribution in [3.8, 4) is 0 Å². The van der Waals surface area contributed by atoms with Crippen LogP contribution < -0.4 is 17.0 Å². The Morgan fingerprint density at radius 1 is 1.12 bits per heavy atom. The third kappa shape index (κ3) is 2.41. The fourth-order valence-electron chi connectivity index (χ4n) is 1.75. The van der Waals surface area contributed by atoms with E-state index < -0.39 is 5.69 Å². The Bertz CT molecular complexity index is 511. The van der Waals surface area contributed by atoms with Gasteiger partial charge in [0.15, 0.2) is 0 Å². The molecule has 17 heavy (non-hydrogen) atoms. The lowest BCUT2D eigenvalue weighted by Gasteiger charge is -2.19. The molecule has 1 heterocycles. The number of rotatable bonds is 4. The average Bonchev–Trinajstić information content (AvgIpc) is 2.34. The van der Waals surface area contributed by atoms with E-state index in [1.54, 1.807) is 7.05 Å². The number of hydrogen-bond acceptors (Lipinski definition) is 4. The summed E-state index contributed by atoms with van der Waals surface area (Å²) in [7, 11) is 3.04. The van der Waals surface area contributed by atoms with E-state index in [2.05, 4.69) is 4.90 Å². The summed E-state index contributed by atoms with van der Waals surface area (Å²) in [5, 5.41) is 0. The summed E-state index contributed by atoms with van der Waals surface area (Å²) in [6.45, 7) is 6.18. The van der Waals surface area contributed by atoms with E-state index in [1.807, 2.05) is 13.8 Å². The van der Waals surface area contributed by atoms with Gasteiger partial charge in [-0.25, -0.2) is 4.79 Å². The van der Waals surface area contributed by atoms with Gasteiger partial charge in [0.05, 0.1) is 5.56 Å². The highest BCUT2D eigenvalue weighted by molar-refractivity contribution is 5.38. The molecular weight excluding hydrogens is 220 g/mol. The van der Waals surface area contributed by atoms with Gasteiger partial charge in [-0.3, -0.25) is 18.8 Å². The van der Waals surface area contributed by atoms with Gasteiger partial charge >= 0.3 is 5.69 Å². The highest BCUT2D eigenvalue weighted by Gasteiger charge is 2.14. The Kier molecular flexibility index (Phi) is 4.11. The minimum Gasteiger partial charge on any atom is -0.385 e. The molecule has 0 saturated heterocycles. The SMILES string of the molecule is CCN(CC)Cc1c(N)n(C)c(=O)n(C)c1=O. The first-order chi connectivity index (χ1) is 7.93. The maximum absolute atomic E-state index is 12.0. The van der Waals surface area contributed by atoms with E-state index in [1.165, 1.54) is 11.6 Å². The summed E-state index contributed by atoms with van der Waals surface area (Å²) in [5.74, 6) is 0.255. The Morgan fingerprint density at radius 2 is 1.65 bits per heavy atom. The third-order valence-electron chi connectivity index (χ3n) is 3.08. The minimum atomic E-state index is -0.393. The lowest BCUT2D eigenvalue weighted by Crippen LogP contribution is -2.42. The van der Waals surface area contributed by atoms with E-state index in [-0.39, 0.29) is 11.4 Å². The molecule has 0 aromatic carbocycles. The maximum Gasteiger partial charge on any atom is 0.332 e. The van der Waals surface area contributed by atoms with Crippen molar-refractivity contribution in [1.29, 1.82) is 0 Å². The summed E-state index contributed by atoms with van der Waals surface area (Å²) in [5.41, 5.74) is 5.62. The van der Waals surface area contributed by atoms with Crippen molar-refractivity contribution in [2.75, 3.05) is 18.8 Å². The smallest absolute Gasteiger partial charge is 0.332 e. The molecule has 0 atom stereocenters. The molecule has 0 bridgehead atoms. The molecule has 1 aromatic rings. The standard InChI is InChI=1S/C11H20N4O2/c1-5-15(6-2)7-8-9(12)13(3)11(17)14(4)10(8)16/h5-7,12H2,1-4H3. The summed E-state index contributed by atoms with van der Waals surface area (Å²) in [4.78, 5) is 25.7. The normalized spacial score (nSPS) is 11.1. The predicted molar refractivity (Wildman–Crippen MR) is 68.0 cm³/mol. The first-order valence-corrected chi connectivity index (χ1v) is 5.70. The molecule has 0 unspecified atom stereocenters. The monoisotopic (exact) mass is 240 g/mol. The number of nitrogens with zero attached hydrogens (tertiary/aromatic N) is 3. The first kappa shape index (κ1) is 13.5. The van der Waals surface area contributed by atoms with E-state index in [0.717, 1.165) is 17.7 Å².